The van der Waals surface area contributed by atoms with Gasteiger partial charge in [-0.25, -0.2) is 8.42 Å². The Morgan fingerprint density at radius 3 is 2.16 bits per heavy atom. The lowest BCUT2D eigenvalue weighted by Gasteiger charge is -2.21. The molecule has 1 aliphatic rings. The maximum atomic E-state index is 13.1. The first kappa shape index (κ1) is 24.7. The van der Waals surface area contributed by atoms with Crippen LogP contribution in [0.5, 0.6) is 0 Å². The molecule has 1 amide bonds. The van der Waals surface area contributed by atoms with Crippen LogP contribution in [0.25, 0.3) is 0 Å². The second kappa shape index (κ2) is 9.94. The standard InChI is InChI=1S/C25H33ClN2O3S/c1-18(19-9-11-20(12-10-19)25(2,3)4)27-24(29)22-17-21(13-14-23(22)26)32(30,31)28-15-7-5-6-8-16-28/h9-14,17-18H,5-8,15-16H2,1-4H3,(H,27,29)/t18-/m1/s1. The maximum absolute atomic E-state index is 13.1. The molecule has 2 aromatic carbocycles. The summed E-state index contributed by atoms with van der Waals surface area (Å²) in [6.07, 6.45) is 3.78. The number of amides is 1. The zero-order chi connectivity index (χ0) is 23.5. The number of rotatable bonds is 5. The summed E-state index contributed by atoms with van der Waals surface area (Å²) in [5, 5.41) is 3.18. The van der Waals surface area contributed by atoms with E-state index in [1.807, 2.05) is 19.1 Å². The fraction of sp³-hybridized carbons (Fsp3) is 0.480. The lowest BCUT2D eigenvalue weighted by Crippen LogP contribution is -2.32. The van der Waals surface area contributed by atoms with Crippen molar-refractivity contribution in [3.63, 3.8) is 0 Å². The van der Waals surface area contributed by atoms with Gasteiger partial charge in [0.1, 0.15) is 0 Å². The first-order valence-corrected chi connectivity index (χ1v) is 13.0. The normalized spacial score (nSPS) is 16.9. The van der Waals surface area contributed by atoms with Gasteiger partial charge in [0.2, 0.25) is 10.0 Å². The Balaban J connectivity index is 1.79. The largest absolute Gasteiger partial charge is 0.345 e. The van der Waals surface area contributed by atoms with E-state index >= 15 is 0 Å². The van der Waals surface area contributed by atoms with Gasteiger partial charge in [0.25, 0.3) is 5.91 Å². The summed E-state index contributed by atoms with van der Waals surface area (Å²) >= 11 is 6.28. The van der Waals surface area contributed by atoms with E-state index in [9.17, 15) is 13.2 Å². The van der Waals surface area contributed by atoms with Crippen molar-refractivity contribution in [1.29, 1.82) is 0 Å². The van der Waals surface area contributed by atoms with Gasteiger partial charge in [0.15, 0.2) is 0 Å². The second-order valence-electron chi connectivity index (χ2n) is 9.53. The average molecular weight is 477 g/mol. The molecule has 1 atom stereocenters. The third-order valence-electron chi connectivity index (χ3n) is 6.01. The molecule has 5 nitrogen and oxygen atoms in total. The molecule has 32 heavy (non-hydrogen) atoms. The van der Waals surface area contributed by atoms with Crippen LogP contribution < -0.4 is 5.32 Å². The third-order valence-corrected chi connectivity index (χ3v) is 8.23. The van der Waals surface area contributed by atoms with E-state index in [1.165, 1.54) is 28.1 Å². The van der Waals surface area contributed by atoms with Crippen molar-refractivity contribution in [2.24, 2.45) is 0 Å². The third kappa shape index (κ3) is 5.72. The molecule has 1 fully saturated rings. The first-order chi connectivity index (χ1) is 15.0. The summed E-state index contributed by atoms with van der Waals surface area (Å²) in [6, 6.07) is 12.3. The topological polar surface area (TPSA) is 66.5 Å². The molecule has 0 unspecified atom stereocenters. The Hall–Kier alpha value is -1.89. The smallest absolute Gasteiger partial charge is 0.253 e. The molecule has 1 aliphatic heterocycles. The predicted molar refractivity (Wildman–Crippen MR) is 130 cm³/mol. The highest BCUT2D eigenvalue weighted by molar-refractivity contribution is 7.89. The zero-order valence-corrected chi connectivity index (χ0v) is 20.9. The van der Waals surface area contributed by atoms with E-state index in [0.29, 0.717) is 13.1 Å². The lowest BCUT2D eigenvalue weighted by molar-refractivity contribution is 0.0940. The summed E-state index contributed by atoms with van der Waals surface area (Å²) in [5.41, 5.74) is 2.41. The molecule has 174 valence electrons. The molecule has 7 heteroatoms. The highest BCUT2D eigenvalue weighted by Gasteiger charge is 2.27. The van der Waals surface area contributed by atoms with Gasteiger partial charge in [-0.1, -0.05) is 69.5 Å². The van der Waals surface area contributed by atoms with Crippen LogP contribution in [0, 0.1) is 0 Å². The predicted octanol–water partition coefficient (Wildman–Crippen LogP) is 5.69. The Labute approximate surface area is 197 Å². The van der Waals surface area contributed by atoms with Crippen LogP contribution in [-0.2, 0) is 15.4 Å². The van der Waals surface area contributed by atoms with Gasteiger partial charge in [0.05, 0.1) is 21.5 Å². The molecule has 3 rings (SSSR count). The maximum Gasteiger partial charge on any atom is 0.253 e. The van der Waals surface area contributed by atoms with Crippen LogP contribution in [0.2, 0.25) is 5.02 Å². The van der Waals surface area contributed by atoms with Gasteiger partial charge in [-0.05, 0) is 54.5 Å². The molecule has 0 bridgehead atoms. The van der Waals surface area contributed by atoms with Crippen molar-refractivity contribution in [2.45, 2.75) is 69.7 Å². The number of hydrogen-bond donors (Lipinski definition) is 1. The highest BCUT2D eigenvalue weighted by atomic mass is 35.5. The van der Waals surface area contributed by atoms with Gasteiger partial charge in [-0.15, -0.1) is 0 Å². The molecule has 1 saturated heterocycles. The van der Waals surface area contributed by atoms with Crippen molar-refractivity contribution in [3.8, 4) is 0 Å². The fourth-order valence-corrected chi connectivity index (χ4v) is 5.65. The SMILES string of the molecule is C[C@@H](NC(=O)c1cc(S(=O)(=O)N2CCCCCC2)ccc1Cl)c1ccc(C(C)(C)C)cc1. The van der Waals surface area contributed by atoms with Crippen molar-refractivity contribution >= 4 is 27.5 Å². The Bertz CT molecular complexity index is 1050. The van der Waals surface area contributed by atoms with Crippen LogP contribution in [-0.4, -0.2) is 31.7 Å². The molecule has 0 radical (unpaired) electrons. The molecule has 2 aromatic rings. The minimum atomic E-state index is -3.66. The fourth-order valence-electron chi connectivity index (χ4n) is 3.90. The Morgan fingerprint density at radius 1 is 1.00 bits per heavy atom. The summed E-state index contributed by atoms with van der Waals surface area (Å²) in [6.45, 7) is 9.38. The minimum Gasteiger partial charge on any atom is -0.345 e. The average Bonchev–Trinajstić information content (AvgIpc) is 3.03. The van der Waals surface area contributed by atoms with Crippen LogP contribution in [0.3, 0.4) is 0 Å². The summed E-state index contributed by atoms with van der Waals surface area (Å²) < 4.78 is 27.8. The van der Waals surface area contributed by atoms with Gasteiger partial charge in [-0.3, -0.25) is 4.79 Å². The van der Waals surface area contributed by atoms with E-state index < -0.39 is 15.9 Å². The molecule has 0 aromatic heterocycles. The van der Waals surface area contributed by atoms with Crippen molar-refractivity contribution in [3.05, 3.63) is 64.2 Å². The molecular formula is C25H33ClN2O3S. The van der Waals surface area contributed by atoms with Crippen molar-refractivity contribution < 1.29 is 13.2 Å². The number of carbonyl (C=O) groups is 1. The van der Waals surface area contributed by atoms with Crippen molar-refractivity contribution in [2.75, 3.05) is 13.1 Å². The van der Waals surface area contributed by atoms with Crippen LogP contribution in [0.1, 0.15) is 80.9 Å². The summed E-state index contributed by atoms with van der Waals surface area (Å²) in [5.74, 6) is -0.393. The summed E-state index contributed by atoms with van der Waals surface area (Å²) in [4.78, 5) is 13.1. The van der Waals surface area contributed by atoms with E-state index in [0.717, 1.165) is 31.2 Å². The first-order valence-electron chi connectivity index (χ1n) is 11.2. The second-order valence-corrected chi connectivity index (χ2v) is 11.9. The highest BCUT2D eigenvalue weighted by Crippen LogP contribution is 2.27. The molecule has 0 spiro atoms. The molecule has 1 heterocycles. The van der Waals surface area contributed by atoms with Gasteiger partial charge in [-0.2, -0.15) is 4.31 Å². The molecule has 0 saturated carbocycles. The number of benzene rings is 2. The molecule has 0 aliphatic carbocycles. The van der Waals surface area contributed by atoms with Crippen LogP contribution >= 0.6 is 11.6 Å². The van der Waals surface area contributed by atoms with Gasteiger partial charge >= 0.3 is 0 Å². The van der Waals surface area contributed by atoms with Crippen LogP contribution in [0.15, 0.2) is 47.4 Å². The van der Waals surface area contributed by atoms with E-state index in [1.54, 1.807) is 0 Å². The lowest BCUT2D eigenvalue weighted by atomic mass is 9.86. The number of carbonyl (C=O) groups excluding carboxylic acids is 1. The Kier molecular flexibility index (Phi) is 7.69. The Morgan fingerprint density at radius 2 is 1.59 bits per heavy atom. The number of sulfonamides is 1. The molecule has 1 N–H and O–H groups in total. The van der Waals surface area contributed by atoms with Crippen molar-refractivity contribution in [1.82, 2.24) is 9.62 Å². The van der Waals surface area contributed by atoms with E-state index in [2.05, 4.69) is 38.2 Å². The van der Waals surface area contributed by atoms with Gasteiger partial charge in [0, 0.05) is 13.1 Å². The summed E-state index contributed by atoms with van der Waals surface area (Å²) in [7, 11) is -3.66. The minimum absolute atomic E-state index is 0.0534. The number of nitrogens with one attached hydrogen (secondary N) is 1. The number of halogens is 1. The monoisotopic (exact) mass is 476 g/mol. The van der Waals surface area contributed by atoms with E-state index in [-0.39, 0.29) is 26.9 Å². The van der Waals surface area contributed by atoms with Crippen LogP contribution in [0.4, 0.5) is 0 Å². The quantitative estimate of drug-likeness (QED) is 0.602. The zero-order valence-electron chi connectivity index (χ0n) is 19.3. The number of hydrogen-bond acceptors (Lipinski definition) is 3. The number of nitrogens with zero attached hydrogens (tertiary/aromatic N) is 1. The van der Waals surface area contributed by atoms with Gasteiger partial charge < -0.3 is 5.32 Å². The van der Waals surface area contributed by atoms with E-state index in [4.69, 9.17) is 11.6 Å². The molecular weight excluding hydrogens is 444 g/mol.